The lowest BCUT2D eigenvalue weighted by atomic mass is 9.68. The van der Waals surface area contributed by atoms with Gasteiger partial charge in [-0.05, 0) is 63.1 Å². The fourth-order valence-electron chi connectivity index (χ4n) is 4.10. The van der Waals surface area contributed by atoms with E-state index in [0.29, 0.717) is 43.5 Å². The van der Waals surface area contributed by atoms with Gasteiger partial charge in [-0.3, -0.25) is 8.98 Å². The quantitative estimate of drug-likeness (QED) is 0.720. The van der Waals surface area contributed by atoms with Crippen LogP contribution in [0.25, 0.3) is 0 Å². The number of amides is 1. The molecule has 1 aliphatic carbocycles. The molecule has 0 unspecified atom stereocenters. The van der Waals surface area contributed by atoms with E-state index < -0.39 is 21.4 Å². The molecule has 1 aromatic carbocycles. The zero-order chi connectivity index (χ0) is 19.1. The van der Waals surface area contributed by atoms with Crippen LogP contribution >= 0.6 is 11.6 Å². The Morgan fingerprint density at radius 1 is 1.27 bits per heavy atom. The van der Waals surface area contributed by atoms with Crippen LogP contribution in [0, 0.1) is 18.2 Å². The SMILES string of the molecule is Cc1cc(N2CCCC3(CCC(OS(C)(=O)=O)CC3)C2=O)c(Cl)cc1F. The maximum absolute atomic E-state index is 13.7. The summed E-state index contributed by atoms with van der Waals surface area (Å²) in [7, 11) is -3.50. The third kappa shape index (κ3) is 3.89. The number of anilines is 1. The standard InChI is InChI=1S/C18H23ClFNO4S/c1-12-10-16(14(19)11-15(12)20)21-9-3-6-18(17(21)22)7-4-13(5-8-18)25-26(2,23)24/h10-11,13H,3-9H2,1-2H3. The van der Waals surface area contributed by atoms with E-state index in [9.17, 15) is 17.6 Å². The van der Waals surface area contributed by atoms with Crippen LogP contribution in [0.2, 0.25) is 5.02 Å². The Hall–Kier alpha value is -1.18. The van der Waals surface area contributed by atoms with Crippen LogP contribution in [0.15, 0.2) is 12.1 Å². The maximum Gasteiger partial charge on any atom is 0.264 e. The lowest BCUT2D eigenvalue weighted by Gasteiger charge is -2.45. The number of carbonyl (C=O) groups excluding carboxylic acids is 1. The third-order valence-electron chi connectivity index (χ3n) is 5.46. The summed E-state index contributed by atoms with van der Waals surface area (Å²) >= 11 is 6.20. The number of halogens is 2. The van der Waals surface area contributed by atoms with Crippen molar-refractivity contribution in [3.8, 4) is 0 Å². The number of hydrogen-bond donors (Lipinski definition) is 0. The van der Waals surface area contributed by atoms with Crippen molar-refractivity contribution in [2.24, 2.45) is 5.41 Å². The molecular weight excluding hydrogens is 381 g/mol. The lowest BCUT2D eigenvalue weighted by Crippen LogP contribution is -2.51. The largest absolute Gasteiger partial charge is 0.310 e. The van der Waals surface area contributed by atoms with Crippen molar-refractivity contribution in [1.29, 1.82) is 0 Å². The van der Waals surface area contributed by atoms with Crippen LogP contribution in [-0.4, -0.2) is 33.2 Å². The summed E-state index contributed by atoms with van der Waals surface area (Å²) in [4.78, 5) is 14.9. The molecule has 2 aliphatic rings. The van der Waals surface area contributed by atoms with Crippen LogP contribution in [0.5, 0.6) is 0 Å². The first-order chi connectivity index (χ1) is 12.1. The number of piperidine rings is 1. The van der Waals surface area contributed by atoms with E-state index in [4.69, 9.17) is 15.8 Å². The average Bonchev–Trinajstić information content (AvgIpc) is 2.55. The van der Waals surface area contributed by atoms with Gasteiger partial charge in [-0.2, -0.15) is 8.42 Å². The fourth-order valence-corrected chi connectivity index (χ4v) is 5.04. The minimum absolute atomic E-state index is 0.00513. The minimum atomic E-state index is -3.50. The van der Waals surface area contributed by atoms with Gasteiger partial charge in [0.1, 0.15) is 5.82 Å². The normalized spacial score (nSPS) is 27.2. The van der Waals surface area contributed by atoms with Gasteiger partial charge in [0, 0.05) is 6.54 Å². The molecule has 26 heavy (non-hydrogen) atoms. The van der Waals surface area contributed by atoms with E-state index in [1.807, 2.05) is 0 Å². The number of benzene rings is 1. The Bertz CT molecular complexity index is 819. The van der Waals surface area contributed by atoms with Gasteiger partial charge in [-0.25, -0.2) is 4.39 Å². The Balaban J connectivity index is 1.80. The summed E-state index contributed by atoms with van der Waals surface area (Å²) in [5.41, 5.74) is 0.479. The fraction of sp³-hybridized carbons (Fsp3) is 0.611. The molecule has 3 rings (SSSR count). The molecule has 0 aromatic heterocycles. The molecule has 5 nitrogen and oxygen atoms in total. The molecule has 0 N–H and O–H groups in total. The second-order valence-electron chi connectivity index (χ2n) is 7.39. The summed E-state index contributed by atoms with van der Waals surface area (Å²) in [6.07, 6.45) is 4.51. The number of rotatable bonds is 3. The van der Waals surface area contributed by atoms with Gasteiger partial charge in [0.15, 0.2) is 0 Å². The Morgan fingerprint density at radius 2 is 1.92 bits per heavy atom. The molecule has 1 heterocycles. The average molecular weight is 404 g/mol. The van der Waals surface area contributed by atoms with Crippen molar-refractivity contribution in [2.75, 3.05) is 17.7 Å². The topological polar surface area (TPSA) is 63.7 Å². The summed E-state index contributed by atoms with van der Waals surface area (Å²) in [6.45, 7) is 2.20. The van der Waals surface area contributed by atoms with Gasteiger partial charge in [0.05, 0.1) is 28.5 Å². The minimum Gasteiger partial charge on any atom is -0.310 e. The van der Waals surface area contributed by atoms with Gasteiger partial charge in [-0.15, -0.1) is 0 Å². The Kier molecular flexibility index (Phi) is 5.34. The van der Waals surface area contributed by atoms with E-state index in [-0.39, 0.29) is 17.0 Å². The zero-order valence-electron chi connectivity index (χ0n) is 14.9. The summed E-state index contributed by atoms with van der Waals surface area (Å²) in [5.74, 6) is -0.397. The van der Waals surface area contributed by atoms with Crippen LogP contribution in [0.1, 0.15) is 44.1 Å². The molecular formula is C18H23ClFNO4S. The number of aryl methyl sites for hydroxylation is 1. The van der Waals surface area contributed by atoms with E-state index in [0.717, 1.165) is 19.1 Å². The molecule has 144 valence electrons. The molecule has 1 amide bonds. The van der Waals surface area contributed by atoms with Crippen LogP contribution < -0.4 is 4.90 Å². The highest BCUT2D eigenvalue weighted by molar-refractivity contribution is 7.86. The second-order valence-corrected chi connectivity index (χ2v) is 9.40. The van der Waals surface area contributed by atoms with Crippen molar-refractivity contribution >= 4 is 33.3 Å². The van der Waals surface area contributed by atoms with Gasteiger partial charge in [0.25, 0.3) is 10.1 Å². The number of hydrogen-bond acceptors (Lipinski definition) is 4. The predicted molar refractivity (Wildman–Crippen MR) is 98.4 cm³/mol. The molecule has 1 spiro atoms. The lowest BCUT2D eigenvalue weighted by molar-refractivity contribution is -0.133. The molecule has 8 heteroatoms. The molecule has 1 saturated carbocycles. The van der Waals surface area contributed by atoms with Crippen molar-refractivity contribution < 1.29 is 21.8 Å². The highest BCUT2D eigenvalue weighted by Crippen LogP contribution is 2.46. The summed E-state index contributed by atoms with van der Waals surface area (Å²) < 4.78 is 41.4. The molecule has 1 aromatic rings. The Morgan fingerprint density at radius 3 is 2.54 bits per heavy atom. The molecule has 0 radical (unpaired) electrons. The first-order valence-corrected chi connectivity index (χ1v) is 11.0. The predicted octanol–water partition coefficient (Wildman–Crippen LogP) is 3.82. The monoisotopic (exact) mass is 403 g/mol. The first-order valence-electron chi connectivity index (χ1n) is 8.77. The van der Waals surface area contributed by atoms with E-state index in [1.165, 1.54) is 6.07 Å². The van der Waals surface area contributed by atoms with Crippen LogP contribution in [0.3, 0.4) is 0 Å². The van der Waals surface area contributed by atoms with Gasteiger partial charge in [0.2, 0.25) is 5.91 Å². The first kappa shape index (κ1) is 19.6. The molecule has 0 atom stereocenters. The van der Waals surface area contributed by atoms with Gasteiger partial charge >= 0.3 is 0 Å². The van der Waals surface area contributed by atoms with E-state index >= 15 is 0 Å². The van der Waals surface area contributed by atoms with Crippen molar-refractivity contribution in [3.05, 3.63) is 28.5 Å². The van der Waals surface area contributed by atoms with Crippen molar-refractivity contribution in [1.82, 2.24) is 0 Å². The highest BCUT2D eigenvalue weighted by Gasteiger charge is 2.47. The Labute approximate surface area is 158 Å². The smallest absolute Gasteiger partial charge is 0.264 e. The van der Waals surface area contributed by atoms with Crippen molar-refractivity contribution in [2.45, 2.75) is 51.6 Å². The van der Waals surface area contributed by atoms with E-state index in [1.54, 1.807) is 17.9 Å². The van der Waals surface area contributed by atoms with Crippen molar-refractivity contribution in [3.63, 3.8) is 0 Å². The zero-order valence-corrected chi connectivity index (χ0v) is 16.5. The summed E-state index contributed by atoms with van der Waals surface area (Å²) in [6, 6.07) is 2.87. The number of nitrogens with zero attached hydrogens (tertiary/aromatic N) is 1. The van der Waals surface area contributed by atoms with Crippen LogP contribution in [0.4, 0.5) is 10.1 Å². The third-order valence-corrected chi connectivity index (χ3v) is 6.38. The van der Waals surface area contributed by atoms with Crippen LogP contribution in [-0.2, 0) is 19.1 Å². The second kappa shape index (κ2) is 7.09. The highest BCUT2D eigenvalue weighted by atomic mass is 35.5. The number of carbonyl (C=O) groups is 1. The molecule has 1 saturated heterocycles. The summed E-state index contributed by atoms with van der Waals surface area (Å²) in [5, 5.41) is 0.229. The molecule has 0 bridgehead atoms. The maximum atomic E-state index is 13.7. The molecule has 1 aliphatic heterocycles. The van der Waals surface area contributed by atoms with Gasteiger partial charge < -0.3 is 4.90 Å². The van der Waals surface area contributed by atoms with Gasteiger partial charge in [-0.1, -0.05) is 11.6 Å². The van der Waals surface area contributed by atoms with E-state index in [2.05, 4.69) is 0 Å². The molecule has 2 fully saturated rings.